The molecule has 0 aromatic heterocycles. The van der Waals surface area contributed by atoms with Crippen LogP contribution >= 0.6 is 0 Å². The molecule has 0 saturated heterocycles. The molecule has 3 rings (SSSR count). The molecule has 2 aromatic rings. The van der Waals surface area contributed by atoms with E-state index in [1.54, 1.807) is 0 Å². The Labute approximate surface area is 151 Å². The van der Waals surface area contributed by atoms with E-state index in [4.69, 9.17) is 9.47 Å². The number of rotatable bonds is 4. The molecule has 0 amide bonds. The Morgan fingerprint density at radius 3 is 2.00 bits per heavy atom. The van der Waals surface area contributed by atoms with E-state index in [9.17, 15) is 9.59 Å². The molecule has 2 aromatic carbocycles. The highest BCUT2D eigenvalue weighted by Gasteiger charge is 2.38. The molecule has 0 bridgehead atoms. The van der Waals surface area contributed by atoms with Gasteiger partial charge in [0, 0.05) is 5.57 Å². The van der Waals surface area contributed by atoms with Gasteiger partial charge in [-0.1, -0.05) is 60.7 Å². The minimum absolute atomic E-state index is 0.119. The summed E-state index contributed by atoms with van der Waals surface area (Å²) in [7, 11) is 2.59. The number of hydrazone groups is 1. The van der Waals surface area contributed by atoms with Crippen LogP contribution in [0, 0.1) is 5.92 Å². The largest absolute Gasteiger partial charge is 0.468 e. The van der Waals surface area contributed by atoms with Gasteiger partial charge in [-0.05, 0) is 11.1 Å². The number of carbonyl (C=O) groups excluding carboxylic acids is 2. The van der Waals surface area contributed by atoms with Gasteiger partial charge in [0.2, 0.25) is 0 Å². The standard InChI is InChI=1S/C20H18N2O4/c1-25-19(23)16-15(13-9-5-3-6-10-13)18(20(24)26-2)22-21-17(16)14-11-7-4-8-12-14/h3-12,16,22H,1-2H3. The molecule has 132 valence electrons. The minimum Gasteiger partial charge on any atom is -0.468 e. The Bertz CT molecular complexity index is 873. The summed E-state index contributed by atoms with van der Waals surface area (Å²) in [6.45, 7) is 0. The lowest BCUT2D eigenvalue weighted by atomic mass is 9.83. The van der Waals surface area contributed by atoms with Crippen LogP contribution in [0.5, 0.6) is 0 Å². The zero-order valence-electron chi connectivity index (χ0n) is 14.4. The first-order valence-corrected chi connectivity index (χ1v) is 8.02. The highest BCUT2D eigenvalue weighted by molar-refractivity contribution is 6.22. The summed E-state index contributed by atoms with van der Waals surface area (Å²) in [5.74, 6) is -1.97. The molecule has 1 atom stereocenters. The number of hydrogen-bond donors (Lipinski definition) is 1. The van der Waals surface area contributed by atoms with Crippen molar-refractivity contribution in [2.75, 3.05) is 14.2 Å². The fraction of sp³-hybridized carbons (Fsp3) is 0.150. The van der Waals surface area contributed by atoms with E-state index < -0.39 is 17.9 Å². The normalized spacial score (nSPS) is 16.4. The second-order valence-electron chi connectivity index (χ2n) is 5.58. The maximum atomic E-state index is 12.7. The number of carbonyl (C=O) groups is 2. The maximum Gasteiger partial charge on any atom is 0.356 e. The number of hydrogen-bond acceptors (Lipinski definition) is 6. The first-order chi connectivity index (χ1) is 12.7. The number of methoxy groups -OCH3 is 2. The van der Waals surface area contributed by atoms with Crippen molar-refractivity contribution in [1.82, 2.24) is 5.43 Å². The predicted molar refractivity (Wildman–Crippen MR) is 97.0 cm³/mol. The molecule has 0 aliphatic carbocycles. The molecule has 6 heteroatoms. The van der Waals surface area contributed by atoms with E-state index in [-0.39, 0.29) is 5.70 Å². The SMILES string of the molecule is COC(=O)C1=C(c2ccccc2)C(C(=O)OC)C(c2ccccc2)=NN1. The Morgan fingerprint density at radius 2 is 1.46 bits per heavy atom. The van der Waals surface area contributed by atoms with Crippen molar-refractivity contribution in [3.05, 3.63) is 77.5 Å². The van der Waals surface area contributed by atoms with E-state index in [1.807, 2.05) is 60.7 Å². The topological polar surface area (TPSA) is 77.0 Å². The van der Waals surface area contributed by atoms with E-state index in [2.05, 4.69) is 10.5 Å². The number of nitrogens with one attached hydrogen (secondary N) is 1. The van der Waals surface area contributed by atoms with Gasteiger partial charge in [-0.15, -0.1) is 0 Å². The monoisotopic (exact) mass is 350 g/mol. The molecule has 26 heavy (non-hydrogen) atoms. The highest BCUT2D eigenvalue weighted by Crippen LogP contribution is 2.33. The van der Waals surface area contributed by atoms with Crippen LogP contribution in [0.4, 0.5) is 0 Å². The summed E-state index contributed by atoms with van der Waals surface area (Å²) in [6.07, 6.45) is 0. The Hall–Kier alpha value is -3.41. The fourth-order valence-corrected chi connectivity index (χ4v) is 2.90. The van der Waals surface area contributed by atoms with Gasteiger partial charge in [-0.2, -0.15) is 5.10 Å². The summed E-state index contributed by atoms with van der Waals surface area (Å²) in [4.78, 5) is 25.0. The van der Waals surface area contributed by atoms with Crippen LogP contribution in [-0.4, -0.2) is 31.9 Å². The van der Waals surface area contributed by atoms with Crippen molar-refractivity contribution in [2.45, 2.75) is 0 Å². The number of nitrogens with zero attached hydrogens (tertiary/aromatic N) is 1. The Kier molecular flexibility index (Phi) is 5.12. The van der Waals surface area contributed by atoms with E-state index in [1.165, 1.54) is 14.2 Å². The van der Waals surface area contributed by atoms with Crippen molar-refractivity contribution in [3.63, 3.8) is 0 Å². The summed E-state index contributed by atoms with van der Waals surface area (Å²) < 4.78 is 9.88. The fourth-order valence-electron chi connectivity index (χ4n) is 2.90. The van der Waals surface area contributed by atoms with Gasteiger partial charge in [0.15, 0.2) is 0 Å². The Morgan fingerprint density at radius 1 is 0.885 bits per heavy atom. The molecule has 1 heterocycles. The molecule has 1 aliphatic heterocycles. The van der Waals surface area contributed by atoms with Crippen LogP contribution < -0.4 is 5.43 Å². The first kappa shape index (κ1) is 17.4. The van der Waals surface area contributed by atoms with Gasteiger partial charge in [-0.3, -0.25) is 10.2 Å². The van der Waals surface area contributed by atoms with Gasteiger partial charge in [0.05, 0.1) is 19.9 Å². The second kappa shape index (κ2) is 7.65. The highest BCUT2D eigenvalue weighted by atomic mass is 16.5. The molecule has 0 radical (unpaired) electrons. The molecular weight excluding hydrogens is 332 g/mol. The quantitative estimate of drug-likeness (QED) is 0.857. The lowest BCUT2D eigenvalue weighted by Gasteiger charge is -2.27. The maximum absolute atomic E-state index is 12.7. The third kappa shape index (κ3) is 3.21. The van der Waals surface area contributed by atoms with Crippen LogP contribution in [0.2, 0.25) is 0 Å². The van der Waals surface area contributed by atoms with Crippen LogP contribution in [0.1, 0.15) is 11.1 Å². The number of ether oxygens (including phenoxy) is 2. The molecular formula is C20H18N2O4. The van der Waals surface area contributed by atoms with E-state index in [0.29, 0.717) is 16.8 Å². The zero-order chi connectivity index (χ0) is 18.5. The molecule has 0 spiro atoms. The molecule has 1 N–H and O–H groups in total. The summed E-state index contributed by atoms with van der Waals surface area (Å²) in [5.41, 5.74) is 5.29. The minimum atomic E-state index is -0.861. The van der Waals surface area contributed by atoms with Crippen molar-refractivity contribution in [1.29, 1.82) is 0 Å². The third-order valence-electron chi connectivity index (χ3n) is 4.10. The van der Waals surface area contributed by atoms with E-state index in [0.717, 1.165) is 5.56 Å². The average Bonchev–Trinajstić information content (AvgIpc) is 2.72. The number of benzene rings is 2. The molecule has 1 aliphatic rings. The summed E-state index contributed by atoms with van der Waals surface area (Å²) in [6, 6.07) is 18.5. The lowest BCUT2D eigenvalue weighted by molar-refractivity contribution is -0.141. The van der Waals surface area contributed by atoms with Crippen molar-refractivity contribution < 1.29 is 19.1 Å². The van der Waals surface area contributed by atoms with Crippen LogP contribution in [0.3, 0.4) is 0 Å². The van der Waals surface area contributed by atoms with Gasteiger partial charge in [0.25, 0.3) is 0 Å². The van der Waals surface area contributed by atoms with Gasteiger partial charge >= 0.3 is 11.9 Å². The van der Waals surface area contributed by atoms with Crippen LogP contribution in [0.15, 0.2) is 71.5 Å². The average molecular weight is 350 g/mol. The second-order valence-corrected chi connectivity index (χ2v) is 5.58. The summed E-state index contributed by atoms with van der Waals surface area (Å²) in [5, 5.41) is 4.28. The lowest BCUT2D eigenvalue weighted by Crippen LogP contribution is -2.37. The smallest absolute Gasteiger partial charge is 0.356 e. The first-order valence-electron chi connectivity index (χ1n) is 8.02. The summed E-state index contributed by atoms with van der Waals surface area (Å²) >= 11 is 0. The molecule has 0 fully saturated rings. The third-order valence-corrected chi connectivity index (χ3v) is 4.10. The van der Waals surface area contributed by atoms with E-state index >= 15 is 0 Å². The van der Waals surface area contributed by atoms with Crippen molar-refractivity contribution >= 4 is 23.2 Å². The van der Waals surface area contributed by atoms with Crippen molar-refractivity contribution in [3.8, 4) is 0 Å². The molecule has 1 unspecified atom stereocenters. The van der Waals surface area contributed by atoms with Gasteiger partial charge in [0.1, 0.15) is 11.6 Å². The molecule has 6 nitrogen and oxygen atoms in total. The molecule has 0 saturated carbocycles. The van der Waals surface area contributed by atoms with Gasteiger partial charge < -0.3 is 9.47 Å². The van der Waals surface area contributed by atoms with Crippen LogP contribution in [-0.2, 0) is 19.1 Å². The van der Waals surface area contributed by atoms with Crippen molar-refractivity contribution in [2.24, 2.45) is 11.0 Å². The van der Waals surface area contributed by atoms with Crippen LogP contribution in [0.25, 0.3) is 5.57 Å². The number of esters is 2. The predicted octanol–water partition coefficient (Wildman–Crippen LogP) is 2.37. The Balaban J connectivity index is 2.21. The van der Waals surface area contributed by atoms with Gasteiger partial charge in [-0.25, -0.2) is 4.79 Å². The zero-order valence-corrected chi connectivity index (χ0v) is 14.4.